The van der Waals surface area contributed by atoms with Crippen molar-refractivity contribution in [3.63, 3.8) is 0 Å². The third-order valence-electron chi connectivity index (χ3n) is 3.00. The molecule has 4 nitrogen and oxygen atoms in total. The van der Waals surface area contributed by atoms with Gasteiger partial charge in [-0.15, -0.1) is 11.3 Å². The van der Waals surface area contributed by atoms with E-state index in [0.717, 1.165) is 0 Å². The molecule has 0 aliphatic heterocycles. The van der Waals surface area contributed by atoms with E-state index in [0.29, 0.717) is 26.9 Å². The van der Waals surface area contributed by atoms with E-state index in [2.05, 4.69) is 0 Å². The number of thiophene rings is 1. The van der Waals surface area contributed by atoms with Crippen LogP contribution in [-0.2, 0) is 16.6 Å². The molecule has 114 valence electrons. The summed E-state index contributed by atoms with van der Waals surface area (Å²) in [5.74, 6) is 0. The van der Waals surface area contributed by atoms with Crippen molar-refractivity contribution in [1.82, 2.24) is 4.31 Å². The lowest BCUT2D eigenvalue weighted by atomic mass is 10.4. The van der Waals surface area contributed by atoms with E-state index in [-0.39, 0.29) is 11.4 Å². The fraction of sp³-hybridized carbons (Fsp3) is 0.636. The van der Waals surface area contributed by atoms with Crippen LogP contribution in [0.1, 0.15) is 22.6 Å². The highest BCUT2D eigenvalue weighted by Gasteiger charge is 2.45. The van der Waals surface area contributed by atoms with Crippen LogP contribution in [0.5, 0.6) is 0 Å². The number of halogens is 3. The molecule has 1 saturated carbocycles. The molecule has 0 unspecified atom stereocenters. The van der Waals surface area contributed by atoms with E-state index in [1.807, 2.05) is 0 Å². The Morgan fingerprint density at radius 3 is 2.45 bits per heavy atom. The van der Waals surface area contributed by atoms with Gasteiger partial charge in [0.15, 0.2) is 0 Å². The van der Waals surface area contributed by atoms with Crippen LogP contribution >= 0.6 is 11.3 Å². The maximum atomic E-state index is 12.6. The molecule has 2 N–H and O–H groups in total. The number of aryl methyl sites for hydroxylation is 1. The molecule has 0 spiro atoms. The Bertz CT molecular complexity index is 591. The number of nitrogens with two attached hydrogens (primary N) is 1. The molecule has 2 rings (SSSR count). The van der Waals surface area contributed by atoms with Crippen LogP contribution in [0.3, 0.4) is 0 Å². The standard InChI is InChI=1S/C11H15F3N2O2S2/c1-7-10(4-9(5-15)19-7)20(17,18)16(8-2-3-8)6-11(12,13)14/h4,8H,2-3,5-6,15H2,1H3. The molecule has 0 atom stereocenters. The maximum Gasteiger partial charge on any atom is 0.402 e. The van der Waals surface area contributed by atoms with E-state index >= 15 is 0 Å². The van der Waals surface area contributed by atoms with Gasteiger partial charge < -0.3 is 5.73 Å². The van der Waals surface area contributed by atoms with Gasteiger partial charge in [-0.2, -0.15) is 17.5 Å². The van der Waals surface area contributed by atoms with E-state index < -0.39 is 28.8 Å². The molecular formula is C11H15F3N2O2S2. The van der Waals surface area contributed by atoms with Gasteiger partial charge in [-0.3, -0.25) is 0 Å². The third-order valence-corrected chi connectivity index (χ3v) is 6.23. The Hall–Kier alpha value is -0.640. The number of hydrogen-bond donors (Lipinski definition) is 1. The van der Waals surface area contributed by atoms with Gasteiger partial charge in [0.05, 0.1) is 4.90 Å². The molecule has 1 heterocycles. The molecule has 9 heteroatoms. The third kappa shape index (κ3) is 3.33. The second-order valence-electron chi connectivity index (χ2n) is 4.73. The van der Waals surface area contributed by atoms with Crippen molar-refractivity contribution < 1.29 is 21.6 Å². The fourth-order valence-electron chi connectivity index (χ4n) is 1.96. The van der Waals surface area contributed by atoms with E-state index in [4.69, 9.17) is 5.73 Å². The van der Waals surface area contributed by atoms with Crippen LogP contribution in [-0.4, -0.2) is 31.5 Å². The van der Waals surface area contributed by atoms with Crippen LogP contribution in [0.2, 0.25) is 0 Å². The predicted molar refractivity (Wildman–Crippen MR) is 69.9 cm³/mol. The first kappa shape index (κ1) is 15.7. The smallest absolute Gasteiger partial charge is 0.326 e. The zero-order chi connectivity index (χ0) is 15.1. The van der Waals surface area contributed by atoms with Crippen LogP contribution in [0.25, 0.3) is 0 Å². The lowest BCUT2D eigenvalue weighted by Gasteiger charge is -2.23. The van der Waals surface area contributed by atoms with Gasteiger partial charge in [-0.1, -0.05) is 0 Å². The number of nitrogens with zero attached hydrogens (tertiary/aromatic N) is 1. The van der Waals surface area contributed by atoms with Crippen molar-refractivity contribution >= 4 is 21.4 Å². The predicted octanol–water partition coefficient (Wildman–Crippen LogP) is 2.23. The quantitative estimate of drug-likeness (QED) is 0.901. The molecule has 1 aliphatic rings. The van der Waals surface area contributed by atoms with Crippen molar-refractivity contribution in [3.05, 3.63) is 15.8 Å². The van der Waals surface area contributed by atoms with Crippen LogP contribution < -0.4 is 5.73 Å². The Balaban J connectivity index is 2.37. The first-order valence-electron chi connectivity index (χ1n) is 6.03. The molecule has 1 aromatic rings. The van der Waals surface area contributed by atoms with Gasteiger partial charge in [-0.05, 0) is 25.8 Å². The van der Waals surface area contributed by atoms with Gasteiger partial charge in [0.1, 0.15) is 6.54 Å². The second kappa shape index (κ2) is 5.28. The molecule has 0 saturated heterocycles. The summed E-state index contributed by atoms with van der Waals surface area (Å²) in [6.45, 7) is 0.312. The van der Waals surface area contributed by atoms with E-state index in [1.165, 1.54) is 17.4 Å². The molecule has 0 bridgehead atoms. The summed E-state index contributed by atoms with van der Waals surface area (Å²) in [6, 6.07) is 0.836. The van der Waals surface area contributed by atoms with E-state index in [1.54, 1.807) is 6.92 Å². The van der Waals surface area contributed by atoms with Crippen molar-refractivity contribution in [3.8, 4) is 0 Å². The van der Waals surface area contributed by atoms with Crippen molar-refractivity contribution in [2.24, 2.45) is 5.73 Å². The molecule has 20 heavy (non-hydrogen) atoms. The minimum absolute atomic E-state index is 0.0564. The van der Waals surface area contributed by atoms with Gasteiger partial charge in [0, 0.05) is 22.3 Å². The molecule has 0 amide bonds. The summed E-state index contributed by atoms with van der Waals surface area (Å²) in [6.07, 6.45) is -3.60. The van der Waals surface area contributed by atoms with Gasteiger partial charge in [0.2, 0.25) is 10.0 Å². The summed E-state index contributed by atoms with van der Waals surface area (Å²) in [4.78, 5) is 1.06. The number of hydrogen-bond acceptors (Lipinski definition) is 4. The fourth-order valence-corrected chi connectivity index (χ4v) is 5.11. The van der Waals surface area contributed by atoms with Gasteiger partial charge in [0.25, 0.3) is 0 Å². The molecular weight excluding hydrogens is 313 g/mol. The van der Waals surface area contributed by atoms with Crippen molar-refractivity contribution in [2.45, 2.75) is 43.4 Å². The summed E-state index contributed by atoms with van der Waals surface area (Å²) >= 11 is 1.20. The molecule has 0 aromatic carbocycles. The van der Waals surface area contributed by atoms with Crippen LogP contribution in [0.15, 0.2) is 11.0 Å². The Labute approximate surface area is 119 Å². The zero-order valence-electron chi connectivity index (χ0n) is 10.8. The minimum Gasteiger partial charge on any atom is -0.326 e. The highest BCUT2D eigenvalue weighted by molar-refractivity contribution is 7.89. The summed E-state index contributed by atoms with van der Waals surface area (Å²) in [5.41, 5.74) is 5.45. The highest BCUT2D eigenvalue weighted by Crippen LogP contribution is 2.37. The first-order chi connectivity index (χ1) is 9.15. The topological polar surface area (TPSA) is 63.4 Å². The summed E-state index contributed by atoms with van der Waals surface area (Å²) in [7, 11) is -4.12. The molecule has 1 aliphatic carbocycles. The summed E-state index contributed by atoms with van der Waals surface area (Å²) < 4.78 is 63.2. The lowest BCUT2D eigenvalue weighted by Crippen LogP contribution is -2.40. The normalized spacial score (nSPS) is 16.9. The average molecular weight is 328 g/mol. The molecule has 1 aromatic heterocycles. The van der Waals surface area contributed by atoms with Crippen molar-refractivity contribution in [2.75, 3.05) is 6.54 Å². The average Bonchev–Trinajstić information content (AvgIpc) is 3.07. The zero-order valence-corrected chi connectivity index (χ0v) is 12.4. The minimum atomic E-state index is -4.55. The lowest BCUT2D eigenvalue weighted by molar-refractivity contribution is -0.137. The SMILES string of the molecule is Cc1sc(CN)cc1S(=O)(=O)N(CC(F)(F)F)C1CC1. The van der Waals surface area contributed by atoms with Gasteiger partial charge >= 0.3 is 6.18 Å². The number of alkyl halides is 3. The first-order valence-corrected chi connectivity index (χ1v) is 8.29. The largest absolute Gasteiger partial charge is 0.402 e. The van der Waals surface area contributed by atoms with Crippen LogP contribution in [0.4, 0.5) is 13.2 Å². The molecule has 1 fully saturated rings. The number of sulfonamides is 1. The monoisotopic (exact) mass is 328 g/mol. The Morgan fingerprint density at radius 2 is 2.05 bits per heavy atom. The Morgan fingerprint density at radius 1 is 1.45 bits per heavy atom. The summed E-state index contributed by atoms with van der Waals surface area (Å²) in [5, 5.41) is 0. The molecule has 0 radical (unpaired) electrons. The van der Waals surface area contributed by atoms with Crippen LogP contribution in [0, 0.1) is 6.92 Å². The highest BCUT2D eigenvalue weighted by atomic mass is 32.2. The maximum absolute atomic E-state index is 12.6. The second-order valence-corrected chi connectivity index (χ2v) is 7.93. The number of rotatable bonds is 5. The Kier molecular flexibility index (Phi) is 4.16. The van der Waals surface area contributed by atoms with Gasteiger partial charge in [-0.25, -0.2) is 8.42 Å². The van der Waals surface area contributed by atoms with E-state index in [9.17, 15) is 21.6 Å². The van der Waals surface area contributed by atoms with Crippen molar-refractivity contribution in [1.29, 1.82) is 0 Å².